The van der Waals surface area contributed by atoms with Crippen LogP contribution in [-0.2, 0) is 14.3 Å². The summed E-state index contributed by atoms with van der Waals surface area (Å²) >= 11 is 0. The fourth-order valence-corrected chi connectivity index (χ4v) is 2.38. The number of amides is 1. The summed E-state index contributed by atoms with van der Waals surface area (Å²) in [6.45, 7) is 6.00. The third-order valence-electron chi connectivity index (χ3n) is 3.53. The zero-order valence-electron chi connectivity index (χ0n) is 12.7. The number of nitrogens with two attached hydrogens (primary N) is 1. The molecule has 0 aromatic carbocycles. The number of likely N-dealkylation sites (tertiary alicyclic amines) is 1. The molecule has 1 fully saturated rings. The predicted octanol–water partition coefficient (Wildman–Crippen LogP) is 0.113. The number of ether oxygens (including phenoxy) is 1. The quantitative estimate of drug-likeness (QED) is 0.677. The van der Waals surface area contributed by atoms with Gasteiger partial charge in [-0.15, -0.1) is 0 Å². The van der Waals surface area contributed by atoms with Gasteiger partial charge in [-0.3, -0.25) is 9.69 Å². The van der Waals surface area contributed by atoms with Crippen LogP contribution in [0, 0.1) is 5.92 Å². The lowest BCUT2D eigenvalue weighted by Gasteiger charge is -2.30. The molecular weight excluding hydrogens is 258 g/mol. The molecule has 0 saturated carbocycles. The summed E-state index contributed by atoms with van der Waals surface area (Å²) < 4.78 is 4.73. The number of esters is 1. The molecule has 0 radical (unpaired) electrons. The first-order valence-electron chi connectivity index (χ1n) is 7.27. The molecule has 1 aliphatic heterocycles. The van der Waals surface area contributed by atoms with Crippen molar-refractivity contribution in [3.63, 3.8) is 0 Å². The lowest BCUT2D eigenvalue weighted by Crippen LogP contribution is -2.49. The number of hydrogen-bond donors (Lipinski definition) is 2. The van der Waals surface area contributed by atoms with Crippen LogP contribution in [0.5, 0.6) is 0 Å². The molecule has 6 nitrogen and oxygen atoms in total. The minimum atomic E-state index is -0.556. The molecule has 1 saturated heterocycles. The van der Waals surface area contributed by atoms with Crippen molar-refractivity contribution in [2.24, 2.45) is 11.7 Å². The largest absolute Gasteiger partial charge is 0.467 e. The van der Waals surface area contributed by atoms with E-state index in [4.69, 9.17) is 10.5 Å². The molecular formula is C14H27N3O3. The molecule has 0 aromatic rings. The second kappa shape index (κ2) is 8.21. The van der Waals surface area contributed by atoms with E-state index in [1.165, 1.54) is 7.11 Å². The Balaban J connectivity index is 2.43. The van der Waals surface area contributed by atoms with Crippen molar-refractivity contribution in [3.05, 3.63) is 0 Å². The monoisotopic (exact) mass is 285 g/mol. The normalized spacial score (nSPS) is 18.9. The van der Waals surface area contributed by atoms with Gasteiger partial charge in [0.15, 0.2) is 0 Å². The molecule has 1 heterocycles. The highest BCUT2D eigenvalue weighted by Crippen LogP contribution is 2.09. The first-order chi connectivity index (χ1) is 9.42. The standard InChI is InChI=1S/C14H27N3O3/c1-10(2)8-12(14(19)20-3)16-13(18)9-17-6-4-11(15)5-7-17/h10-12H,4-9,15H2,1-3H3,(H,16,18)/t12-/m0/s1. The molecule has 1 aliphatic rings. The van der Waals surface area contributed by atoms with Crippen LogP contribution in [0.2, 0.25) is 0 Å². The number of hydrogen-bond acceptors (Lipinski definition) is 5. The first-order valence-corrected chi connectivity index (χ1v) is 7.27. The number of nitrogens with zero attached hydrogens (tertiary/aromatic N) is 1. The molecule has 1 atom stereocenters. The van der Waals surface area contributed by atoms with Crippen LogP contribution < -0.4 is 11.1 Å². The highest BCUT2D eigenvalue weighted by atomic mass is 16.5. The number of methoxy groups -OCH3 is 1. The van der Waals surface area contributed by atoms with E-state index in [2.05, 4.69) is 10.2 Å². The summed E-state index contributed by atoms with van der Waals surface area (Å²) in [5.74, 6) is -0.198. The Labute approximate surface area is 121 Å². The topological polar surface area (TPSA) is 84.7 Å². The molecule has 1 rings (SSSR count). The molecule has 0 spiro atoms. The summed E-state index contributed by atoms with van der Waals surface area (Å²) in [4.78, 5) is 25.7. The van der Waals surface area contributed by atoms with Crippen LogP contribution in [0.4, 0.5) is 0 Å². The van der Waals surface area contributed by atoms with Crippen molar-refractivity contribution in [2.75, 3.05) is 26.7 Å². The SMILES string of the molecule is COC(=O)[C@H](CC(C)C)NC(=O)CN1CCC(N)CC1. The van der Waals surface area contributed by atoms with E-state index in [9.17, 15) is 9.59 Å². The van der Waals surface area contributed by atoms with Gasteiger partial charge in [-0.1, -0.05) is 13.8 Å². The van der Waals surface area contributed by atoms with E-state index in [0.717, 1.165) is 25.9 Å². The van der Waals surface area contributed by atoms with Crippen molar-refractivity contribution < 1.29 is 14.3 Å². The van der Waals surface area contributed by atoms with Gasteiger partial charge in [0.25, 0.3) is 0 Å². The minimum absolute atomic E-state index is 0.128. The van der Waals surface area contributed by atoms with Gasteiger partial charge in [0.05, 0.1) is 13.7 Å². The van der Waals surface area contributed by atoms with Gasteiger partial charge in [-0.2, -0.15) is 0 Å². The smallest absolute Gasteiger partial charge is 0.328 e. The van der Waals surface area contributed by atoms with Gasteiger partial charge in [0.2, 0.25) is 5.91 Å². The molecule has 116 valence electrons. The van der Waals surface area contributed by atoms with Crippen LogP contribution in [-0.4, -0.2) is 55.6 Å². The number of rotatable bonds is 6. The maximum absolute atomic E-state index is 12.0. The number of carbonyl (C=O) groups is 2. The zero-order valence-corrected chi connectivity index (χ0v) is 12.7. The maximum Gasteiger partial charge on any atom is 0.328 e. The third-order valence-corrected chi connectivity index (χ3v) is 3.53. The van der Waals surface area contributed by atoms with E-state index < -0.39 is 6.04 Å². The van der Waals surface area contributed by atoms with Crippen LogP contribution in [0.1, 0.15) is 33.1 Å². The molecule has 6 heteroatoms. The predicted molar refractivity (Wildman–Crippen MR) is 77.1 cm³/mol. The number of carbonyl (C=O) groups excluding carboxylic acids is 2. The summed E-state index contributed by atoms with van der Waals surface area (Å²) in [6.07, 6.45) is 2.42. The highest BCUT2D eigenvalue weighted by molar-refractivity contribution is 5.85. The highest BCUT2D eigenvalue weighted by Gasteiger charge is 2.24. The van der Waals surface area contributed by atoms with E-state index in [0.29, 0.717) is 18.9 Å². The Kier molecular flexibility index (Phi) is 6.95. The summed E-state index contributed by atoms with van der Waals surface area (Å²) in [6, 6.07) is -0.308. The lowest BCUT2D eigenvalue weighted by atomic mass is 10.0. The van der Waals surface area contributed by atoms with Crippen molar-refractivity contribution in [2.45, 2.75) is 45.2 Å². The average molecular weight is 285 g/mol. The van der Waals surface area contributed by atoms with E-state index in [-0.39, 0.29) is 17.9 Å². The fourth-order valence-electron chi connectivity index (χ4n) is 2.38. The first kappa shape index (κ1) is 16.9. The van der Waals surface area contributed by atoms with Crippen LogP contribution in [0.15, 0.2) is 0 Å². The summed E-state index contributed by atoms with van der Waals surface area (Å²) in [7, 11) is 1.34. The maximum atomic E-state index is 12.0. The molecule has 20 heavy (non-hydrogen) atoms. The van der Waals surface area contributed by atoms with Crippen LogP contribution in [0.25, 0.3) is 0 Å². The molecule has 1 amide bonds. The minimum Gasteiger partial charge on any atom is -0.467 e. The van der Waals surface area contributed by atoms with Gasteiger partial charge in [0.1, 0.15) is 6.04 Å². The van der Waals surface area contributed by atoms with Crippen LogP contribution >= 0.6 is 0 Å². The Morgan fingerprint density at radius 3 is 2.45 bits per heavy atom. The van der Waals surface area contributed by atoms with Crippen molar-refractivity contribution in [3.8, 4) is 0 Å². The van der Waals surface area contributed by atoms with Gasteiger partial charge >= 0.3 is 5.97 Å². The number of piperidine rings is 1. The van der Waals surface area contributed by atoms with Gasteiger partial charge in [0, 0.05) is 19.1 Å². The Hall–Kier alpha value is -1.14. The average Bonchev–Trinajstić information content (AvgIpc) is 2.39. The van der Waals surface area contributed by atoms with Gasteiger partial charge in [-0.05, 0) is 25.2 Å². The van der Waals surface area contributed by atoms with Crippen molar-refractivity contribution in [1.29, 1.82) is 0 Å². The molecule has 3 N–H and O–H groups in total. The zero-order chi connectivity index (χ0) is 15.1. The van der Waals surface area contributed by atoms with Crippen molar-refractivity contribution >= 4 is 11.9 Å². The Bertz CT molecular complexity index is 326. The third kappa shape index (κ3) is 5.88. The van der Waals surface area contributed by atoms with E-state index in [1.54, 1.807) is 0 Å². The number of nitrogens with one attached hydrogen (secondary N) is 1. The molecule has 0 unspecified atom stereocenters. The van der Waals surface area contributed by atoms with Gasteiger partial charge in [-0.25, -0.2) is 4.79 Å². The molecule has 0 aromatic heterocycles. The van der Waals surface area contributed by atoms with E-state index in [1.807, 2.05) is 13.8 Å². The van der Waals surface area contributed by atoms with Gasteiger partial charge < -0.3 is 15.8 Å². The molecule has 0 aliphatic carbocycles. The molecule has 0 bridgehead atoms. The Morgan fingerprint density at radius 1 is 1.35 bits per heavy atom. The second-order valence-electron chi connectivity index (χ2n) is 5.89. The van der Waals surface area contributed by atoms with Crippen molar-refractivity contribution in [1.82, 2.24) is 10.2 Å². The second-order valence-corrected chi connectivity index (χ2v) is 5.89. The summed E-state index contributed by atoms with van der Waals surface area (Å²) in [5.41, 5.74) is 5.83. The van der Waals surface area contributed by atoms with E-state index >= 15 is 0 Å². The summed E-state index contributed by atoms with van der Waals surface area (Å²) in [5, 5.41) is 2.77. The lowest BCUT2D eigenvalue weighted by molar-refractivity contribution is -0.145. The van der Waals surface area contributed by atoms with Crippen LogP contribution in [0.3, 0.4) is 0 Å². The fraction of sp³-hybridized carbons (Fsp3) is 0.857. The Morgan fingerprint density at radius 2 is 1.95 bits per heavy atom.